The van der Waals surface area contributed by atoms with Gasteiger partial charge in [-0.05, 0) is 30.8 Å². The van der Waals surface area contributed by atoms with Gasteiger partial charge in [0.25, 0.3) is 0 Å². The first-order valence-electron chi connectivity index (χ1n) is 5.74. The van der Waals surface area contributed by atoms with Gasteiger partial charge in [0.15, 0.2) is 5.75 Å². The van der Waals surface area contributed by atoms with Crippen molar-refractivity contribution in [3.05, 3.63) is 23.3 Å². The number of hydrogen-bond acceptors (Lipinski definition) is 5. The summed E-state index contributed by atoms with van der Waals surface area (Å²) in [5.41, 5.74) is -6.53. The zero-order valence-corrected chi connectivity index (χ0v) is 12.0. The van der Waals surface area contributed by atoms with Crippen LogP contribution in [0.15, 0.2) is 17.0 Å². The predicted molar refractivity (Wildman–Crippen MR) is 65.7 cm³/mol. The zero-order valence-electron chi connectivity index (χ0n) is 11.2. The normalized spacial score (nSPS) is 11.7. The number of halogens is 6. The number of esters is 1. The fraction of sp³-hybridized carbons (Fsp3) is 0.333. The summed E-state index contributed by atoms with van der Waals surface area (Å²) in [6.45, 7) is 1.27. The van der Waals surface area contributed by atoms with E-state index in [1.807, 2.05) is 0 Å². The lowest BCUT2D eigenvalue weighted by molar-refractivity contribution is -0.275. The van der Waals surface area contributed by atoms with Crippen molar-refractivity contribution in [2.75, 3.05) is 6.61 Å². The highest BCUT2D eigenvalue weighted by Gasteiger charge is 2.38. The number of carbonyl (C=O) groups excluding carboxylic acids is 1. The van der Waals surface area contributed by atoms with Gasteiger partial charge in [-0.1, -0.05) is 0 Å². The summed E-state index contributed by atoms with van der Waals surface area (Å²) < 4.78 is 82.6. The molecular weight excluding hydrogens is 352 g/mol. The molecule has 0 atom stereocenters. The van der Waals surface area contributed by atoms with Crippen molar-refractivity contribution in [2.45, 2.75) is 23.7 Å². The van der Waals surface area contributed by atoms with Crippen LogP contribution in [0.5, 0.6) is 5.75 Å². The van der Waals surface area contributed by atoms with Crippen LogP contribution in [0.2, 0.25) is 0 Å². The minimum atomic E-state index is -5.35. The molecule has 1 aromatic rings. The number of ether oxygens (including phenoxy) is 2. The lowest BCUT2D eigenvalue weighted by Gasteiger charge is -2.16. The molecular formula is C12H7F6NO3S. The number of alkyl halides is 6. The van der Waals surface area contributed by atoms with Crippen LogP contribution in [0.1, 0.15) is 22.8 Å². The van der Waals surface area contributed by atoms with E-state index in [0.29, 0.717) is 6.07 Å². The first kappa shape index (κ1) is 19.0. The van der Waals surface area contributed by atoms with Crippen molar-refractivity contribution >= 4 is 17.7 Å². The highest BCUT2D eigenvalue weighted by Crippen LogP contribution is 2.45. The van der Waals surface area contributed by atoms with Crippen molar-refractivity contribution in [3.8, 4) is 11.8 Å². The first-order chi connectivity index (χ1) is 10.5. The van der Waals surface area contributed by atoms with E-state index in [1.165, 1.54) is 13.0 Å². The number of carbonyl (C=O) groups is 1. The molecule has 0 N–H and O–H groups in total. The van der Waals surface area contributed by atoms with Gasteiger partial charge in [0.2, 0.25) is 0 Å². The van der Waals surface area contributed by atoms with Crippen LogP contribution in [0.25, 0.3) is 0 Å². The molecule has 0 amide bonds. The Morgan fingerprint density at radius 1 is 1.26 bits per heavy atom. The van der Waals surface area contributed by atoms with E-state index in [4.69, 9.17) is 5.26 Å². The van der Waals surface area contributed by atoms with E-state index in [2.05, 4.69) is 9.47 Å². The van der Waals surface area contributed by atoms with Crippen LogP contribution in [0, 0.1) is 11.3 Å². The summed E-state index contributed by atoms with van der Waals surface area (Å²) in [5.74, 6) is -2.55. The van der Waals surface area contributed by atoms with Crippen LogP contribution >= 0.6 is 11.8 Å². The molecule has 0 fully saturated rings. The lowest BCUT2D eigenvalue weighted by atomic mass is 10.1. The third-order valence-electron chi connectivity index (χ3n) is 2.17. The van der Waals surface area contributed by atoms with Gasteiger partial charge >= 0.3 is 17.8 Å². The Hall–Kier alpha value is -2.09. The molecule has 0 radical (unpaired) electrons. The Kier molecular flexibility index (Phi) is 5.76. The number of thioether (sulfide) groups is 1. The molecule has 126 valence electrons. The Labute approximate surface area is 130 Å². The highest BCUT2D eigenvalue weighted by atomic mass is 32.2. The third-order valence-corrected chi connectivity index (χ3v) is 2.95. The van der Waals surface area contributed by atoms with Crippen LogP contribution in [0.3, 0.4) is 0 Å². The SMILES string of the molecule is CCOC(=O)c1ccc(SC(F)(F)F)c(OC(F)(F)F)c1C#N. The average molecular weight is 359 g/mol. The quantitative estimate of drug-likeness (QED) is 0.457. The molecule has 0 aromatic heterocycles. The third kappa shape index (κ3) is 5.55. The molecule has 0 aliphatic heterocycles. The Morgan fingerprint density at radius 2 is 1.87 bits per heavy atom. The number of hydrogen-bond donors (Lipinski definition) is 0. The molecule has 0 saturated carbocycles. The molecule has 0 saturated heterocycles. The maximum atomic E-state index is 12.4. The molecule has 0 unspecified atom stereocenters. The largest absolute Gasteiger partial charge is 0.573 e. The van der Waals surface area contributed by atoms with Crippen molar-refractivity contribution in [3.63, 3.8) is 0 Å². The number of nitrogens with zero attached hydrogens (tertiary/aromatic N) is 1. The van der Waals surface area contributed by atoms with Gasteiger partial charge in [-0.15, -0.1) is 13.2 Å². The smallest absolute Gasteiger partial charge is 0.462 e. The van der Waals surface area contributed by atoms with Crippen LogP contribution in [-0.4, -0.2) is 24.4 Å². The summed E-state index contributed by atoms with van der Waals surface area (Å²) in [6.07, 6.45) is -5.35. The van der Waals surface area contributed by atoms with Crippen molar-refractivity contribution in [2.24, 2.45) is 0 Å². The summed E-state index contributed by atoms with van der Waals surface area (Å²) >= 11 is -0.897. The Balaban J connectivity index is 3.50. The number of rotatable bonds is 4. The molecule has 0 spiro atoms. The topological polar surface area (TPSA) is 59.3 Å². The minimum Gasteiger partial charge on any atom is -0.462 e. The molecule has 1 rings (SSSR count). The Morgan fingerprint density at radius 3 is 2.30 bits per heavy atom. The van der Waals surface area contributed by atoms with E-state index in [9.17, 15) is 31.1 Å². The van der Waals surface area contributed by atoms with Crippen LogP contribution in [-0.2, 0) is 4.74 Å². The summed E-state index contributed by atoms with van der Waals surface area (Å²) in [5, 5.41) is 8.94. The van der Waals surface area contributed by atoms with E-state index in [-0.39, 0.29) is 6.61 Å². The van der Waals surface area contributed by atoms with E-state index >= 15 is 0 Å². The van der Waals surface area contributed by atoms with Gasteiger partial charge in [0.1, 0.15) is 11.6 Å². The molecule has 0 heterocycles. The van der Waals surface area contributed by atoms with Gasteiger partial charge in [0.05, 0.1) is 17.1 Å². The van der Waals surface area contributed by atoms with Crippen LogP contribution in [0.4, 0.5) is 26.3 Å². The molecule has 0 bridgehead atoms. The molecule has 0 aliphatic carbocycles. The standard InChI is InChI=1S/C12H7F6NO3S/c1-2-21-10(20)6-3-4-8(23-12(16,17)18)9(7(6)5-19)22-11(13,14)15/h3-4H,2H2,1H3. The van der Waals surface area contributed by atoms with Crippen LogP contribution < -0.4 is 4.74 Å². The first-order valence-corrected chi connectivity index (χ1v) is 6.56. The Bertz CT molecular complexity index is 635. The monoisotopic (exact) mass is 359 g/mol. The second kappa shape index (κ2) is 6.99. The lowest BCUT2D eigenvalue weighted by Crippen LogP contribution is -2.20. The fourth-order valence-corrected chi connectivity index (χ4v) is 2.10. The van der Waals surface area contributed by atoms with Gasteiger partial charge in [-0.25, -0.2) is 4.79 Å². The van der Waals surface area contributed by atoms with Gasteiger partial charge in [-0.3, -0.25) is 0 Å². The van der Waals surface area contributed by atoms with Crippen molar-refractivity contribution < 1.29 is 40.6 Å². The van der Waals surface area contributed by atoms with Gasteiger partial charge in [0, 0.05) is 0 Å². The second-order valence-electron chi connectivity index (χ2n) is 3.74. The average Bonchev–Trinajstić information content (AvgIpc) is 2.37. The van der Waals surface area contributed by atoms with E-state index in [0.717, 1.165) is 6.07 Å². The highest BCUT2D eigenvalue weighted by molar-refractivity contribution is 8.00. The molecule has 1 aromatic carbocycles. The predicted octanol–water partition coefficient (Wildman–Crippen LogP) is 4.25. The van der Waals surface area contributed by atoms with E-state index in [1.54, 1.807) is 0 Å². The minimum absolute atomic E-state index is 0.141. The summed E-state index contributed by atoms with van der Waals surface area (Å²) in [7, 11) is 0. The number of nitriles is 1. The molecule has 11 heteroatoms. The number of benzene rings is 1. The summed E-state index contributed by atoms with van der Waals surface area (Å²) in [6, 6.07) is 2.62. The van der Waals surface area contributed by atoms with Crippen molar-refractivity contribution in [1.82, 2.24) is 0 Å². The summed E-state index contributed by atoms with van der Waals surface area (Å²) in [4.78, 5) is 10.6. The molecule has 0 aliphatic rings. The maximum absolute atomic E-state index is 12.4. The van der Waals surface area contributed by atoms with E-state index < -0.39 is 51.4 Å². The van der Waals surface area contributed by atoms with Gasteiger partial charge in [-0.2, -0.15) is 18.4 Å². The molecule has 23 heavy (non-hydrogen) atoms. The van der Waals surface area contributed by atoms with Gasteiger partial charge < -0.3 is 9.47 Å². The fourth-order valence-electron chi connectivity index (χ4n) is 1.48. The molecule has 4 nitrogen and oxygen atoms in total. The second-order valence-corrected chi connectivity index (χ2v) is 4.85. The maximum Gasteiger partial charge on any atom is 0.573 e. The zero-order chi connectivity index (χ0) is 17.8. The van der Waals surface area contributed by atoms with Crippen molar-refractivity contribution in [1.29, 1.82) is 5.26 Å².